The minimum absolute atomic E-state index is 0.224. The minimum Gasteiger partial charge on any atom is -0.493 e. The molecule has 18 heavy (non-hydrogen) atoms. The summed E-state index contributed by atoms with van der Waals surface area (Å²) < 4.78 is 5.81. The topological polar surface area (TPSA) is 9.23 Å². The summed E-state index contributed by atoms with van der Waals surface area (Å²) in [6, 6.07) is 8.79. The summed E-state index contributed by atoms with van der Waals surface area (Å²) in [5, 5.41) is 0. The fourth-order valence-electron chi connectivity index (χ4n) is 2.57. The van der Waals surface area contributed by atoms with E-state index in [1.807, 2.05) is 0 Å². The van der Waals surface area contributed by atoms with Gasteiger partial charge in [-0.25, -0.2) is 0 Å². The highest BCUT2D eigenvalue weighted by Crippen LogP contribution is 2.33. The summed E-state index contributed by atoms with van der Waals surface area (Å²) in [5.41, 5.74) is 1.72. The zero-order chi connectivity index (χ0) is 13.0. The smallest absolute Gasteiger partial charge is 0.119 e. The van der Waals surface area contributed by atoms with Crippen LogP contribution in [-0.4, -0.2) is 6.61 Å². The lowest BCUT2D eigenvalue weighted by molar-refractivity contribution is 0.198. The SMILES string of the molecule is CC(C)(C)COc1ccc(C2CCCCC2)cc1. The summed E-state index contributed by atoms with van der Waals surface area (Å²) in [4.78, 5) is 0. The van der Waals surface area contributed by atoms with Crippen LogP contribution in [0.2, 0.25) is 0 Å². The van der Waals surface area contributed by atoms with Crippen LogP contribution in [0.1, 0.15) is 64.4 Å². The van der Waals surface area contributed by atoms with Gasteiger partial charge in [0.05, 0.1) is 6.61 Å². The largest absolute Gasteiger partial charge is 0.493 e. The minimum atomic E-state index is 0.224. The average Bonchev–Trinajstić information content (AvgIpc) is 2.37. The van der Waals surface area contributed by atoms with Crippen molar-refractivity contribution in [1.82, 2.24) is 0 Å². The maximum atomic E-state index is 5.81. The second-order valence-electron chi connectivity index (χ2n) is 6.75. The lowest BCUT2D eigenvalue weighted by atomic mass is 9.84. The molecule has 100 valence electrons. The molecule has 0 amide bonds. The number of hydrogen-bond donors (Lipinski definition) is 0. The molecule has 1 fully saturated rings. The van der Waals surface area contributed by atoms with Crippen molar-refractivity contribution < 1.29 is 4.74 Å². The van der Waals surface area contributed by atoms with Gasteiger partial charge >= 0.3 is 0 Å². The monoisotopic (exact) mass is 246 g/mol. The summed E-state index contributed by atoms with van der Waals surface area (Å²) in [7, 11) is 0. The Morgan fingerprint density at radius 2 is 1.61 bits per heavy atom. The summed E-state index contributed by atoms with van der Waals surface area (Å²) in [6.45, 7) is 7.37. The first-order valence-corrected chi connectivity index (χ1v) is 7.27. The van der Waals surface area contributed by atoms with Crippen molar-refractivity contribution in [3.05, 3.63) is 29.8 Å². The van der Waals surface area contributed by atoms with E-state index in [1.165, 1.54) is 37.7 Å². The highest BCUT2D eigenvalue weighted by atomic mass is 16.5. The predicted molar refractivity (Wildman–Crippen MR) is 77.2 cm³/mol. The van der Waals surface area contributed by atoms with Gasteiger partial charge in [-0.3, -0.25) is 0 Å². The number of hydrogen-bond acceptors (Lipinski definition) is 1. The summed E-state index contributed by atoms with van der Waals surface area (Å²) in [5.74, 6) is 1.79. The van der Waals surface area contributed by atoms with Gasteiger partial charge in [-0.05, 0) is 41.9 Å². The van der Waals surface area contributed by atoms with E-state index in [9.17, 15) is 0 Å². The van der Waals surface area contributed by atoms with Crippen LogP contribution >= 0.6 is 0 Å². The molecular weight excluding hydrogens is 220 g/mol. The molecule has 1 saturated carbocycles. The molecule has 1 aliphatic rings. The van der Waals surface area contributed by atoms with E-state index < -0.39 is 0 Å². The number of benzene rings is 1. The Hall–Kier alpha value is -0.980. The van der Waals surface area contributed by atoms with E-state index >= 15 is 0 Å². The van der Waals surface area contributed by atoms with Crippen LogP contribution in [0.4, 0.5) is 0 Å². The first kappa shape index (κ1) is 13.5. The van der Waals surface area contributed by atoms with Gasteiger partial charge in [0.15, 0.2) is 0 Å². The zero-order valence-electron chi connectivity index (χ0n) is 12.0. The lowest BCUT2D eigenvalue weighted by Crippen LogP contribution is -2.16. The van der Waals surface area contributed by atoms with Crippen LogP contribution in [0.25, 0.3) is 0 Å². The van der Waals surface area contributed by atoms with Gasteiger partial charge < -0.3 is 4.74 Å². The Balaban J connectivity index is 1.92. The molecule has 1 aliphatic carbocycles. The predicted octanol–water partition coefficient (Wildman–Crippen LogP) is 5.16. The van der Waals surface area contributed by atoms with Gasteiger partial charge in [-0.1, -0.05) is 52.2 Å². The normalized spacial score (nSPS) is 17.7. The third kappa shape index (κ3) is 4.04. The molecule has 0 N–H and O–H groups in total. The van der Waals surface area contributed by atoms with Gasteiger partial charge in [0.2, 0.25) is 0 Å². The molecule has 0 spiro atoms. The van der Waals surface area contributed by atoms with Gasteiger partial charge in [-0.2, -0.15) is 0 Å². The van der Waals surface area contributed by atoms with E-state index in [2.05, 4.69) is 45.0 Å². The van der Waals surface area contributed by atoms with Crippen molar-refractivity contribution in [2.75, 3.05) is 6.61 Å². The molecule has 0 unspecified atom stereocenters. The molecule has 0 heterocycles. The fourth-order valence-corrected chi connectivity index (χ4v) is 2.57. The molecule has 0 atom stereocenters. The first-order valence-electron chi connectivity index (χ1n) is 7.27. The second-order valence-corrected chi connectivity index (χ2v) is 6.75. The molecule has 0 aromatic heterocycles. The van der Waals surface area contributed by atoms with Gasteiger partial charge in [-0.15, -0.1) is 0 Å². The van der Waals surface area contributed by atoms with Crippen LogP contribution in [-0.2, 0) is 0 Å². The maximum absolute atomic E-state index is 5.81. The van der Waals surface area contributed by atoms with E-state index in [1.54, 1.807) is 0 Å². The fraction of sp³-hybridized carbons (Fsp3) is 0.647. The van der Waals surface area contributed by atoms with Crippen molar-refractivity contribution in [2.24, 2.45) is 5.41 Å². The quantitative estimate of drug-likeness (QED) is 0.716. The molecule has 0 saturated heterocycles. The lowest BCUT2D eigenvalue weighted by Gasteiger charge is -2.22. The molecular formula is C17H26O. The van der Waals surface area contributed by atoms with Crippen molar-refractivity contribution in [3.63, 3.8) is 0 Å². The average molecular weight is 246 g/mol. The van der Waals surface area contributed by atoms with Gasteiger partial charge in [0.1, 0.15) is 5.75 Å². The first-order chi connectivity index (χ1) is 8.54. The van der Waals surface area contributed by atoms with E-state index in [-0.39, 0.29) is 5.41 Å². The van der Waals surface area contributed by atoms with E-state index in [0.29, 0.717) is 0 Å². The Morgan fingerprint density at radius 1 is 1.00 bits per heavy atom. The molecule has 1 heteroatoms. The Morgan fingerprint density at radius 3 is 2.17 bits per heavy atom. The van der Waals surface area contributed by atoms with E-state index in [0.717, 1.165) is 18.3 Å². The Bertz CT molecular complexity index is 352. The van der Waals surface area contributed by atoms with Crippen molar-refractivity contribution in [2.45, 2.75) is 58.8 Å². The Kier molecular flexibility index (Phi) is 4.31. The molecule has 0 bridgehead atoms. The summed E-state index contributed by atoms with van der Waals surface area (Å²) >= 11 is 0. The molecule has 1 aromatic rings. The van der Waals surface area contributed by atoms with Crippen LogP contribution < -0.4 is 4.74 Å². The standard InChI is InChI=1S/C17H26O/c1-17(2,3)13-18-16-11-9-15(10-12-16)14-7-5-4-6-8-14/h9-12,14H,4-8,13H2,1-3H3. The second kappa shape index (κ2) is 5.77. The third-order valence-corrected chi connectivity index (χ3v) is 3.63. The number of ether oxygens (including phenoxy) is 1. The van der Waals surface area contributed by atoms with Crippen LogP contribution in [0.3, 0.4) is 0 Å². The van der Waals surface area contributed by atoms with Gasteiger partial charge in [0.25, 0.3) is 0 Å². The van der Waals surface area contributed by atoms with Crippen LogP contribution in [0.5, 0.6) is 5.75 Å². The molecule has 2 rings (SSSR count). The maximum Gasteiger partial charge on any atom is 0.119 e. The van der Waals surface area contributed by atoms with Crippen LogP contribution in [0.15, 0.2) is 24.3 Å². The molecule has 0 aliphatic heterocycles. The highest BCUT2D eigenvalue weighted by Gasteiger charge is 2.15. The zero-order valence-corrected chi connectivity index (χ0v) is 12.0. The highest BCUT2D eigenvalue weighted by molar-refractivity contribution is 5.29. The van der Waals surface area contributed by atoms with Gasteiger partial charge in [0, 0.05) is 0 Å². The van der Waals surface area contributed by atoms with E-state index in [4.69, 9.17) is 4.74 Å². The van der Waals surface area contributed by atoms with Crippen molar-refractivity contribution in [3.8, 4) is 5.75 Å². The van der Waals surface area contributed by atoms with Crippen molar-refractivity contribution in [1.29, 1.82) is 0 Å². The molecule has 1 nitrogen and oxygen atoms in total. The third-order valence-electron chi connectivity index (χ3n) is 3.63. The Labute approximate surface area is 112 Å². The molecule has 1 aromatic carbocycles. The number of rotatable bonds is 3. The van der Waals surface area contributed by atoms with Crippen molar-refractivity contribution >= 4 is 0 Å². The van der Waals surface area contributed by atoms with Crippen LogP contribution in [0, 0.1) is 5.41 Å². The summed E-state index contributed by atoms with van der Waals surface area (Å²) in [6.07, 6.45) is 6.94. The molecule has 0 radical (unpaired) electrons.